The van der Waals surface area contributed by atoms with Gasteiger partial charge in [0.2, 0.25) is 5.91 Å². The summed E-state index contributed by atoms with van der Waals surface area (Å²) in [6, 6.07) is 10.4. The lowest BCUT2D eigenvalue weighted by molar-refractivity contribution is -0.136. The molecule has 1 heterocycles. The molecule has 1 aromatic rings. The van der Waals surface area contributed by atoms with Gasteiger partial charge in [0.25, 0.3) is 0 Å². The van der Waals surface area contributed by atoms with Crippen LogP contribution < -0.4 is 4.90 Å². The molecule has 2 rings (SSSR count). The molecule has 0 bridgehead atoms. The highest BCUT2D eigenvalue weighted by molar-refractivity contribution is 5.79. The molecule has 1 saturated heterocycles. The molecule has 1 aromatic carbocycles. The van der Waals surface area contributed by atoms with Crippen LogP contribution in [-0.4, -0.2) is 61.5 Å². The lowest BCUT2D eigenvalue weighted by atomic mass is 9.94. The van der Waals surface area contributed by atoms with E-state index in [0.29, 0.717) is 17.5 Å². The van der Waals surface area contributed by atoms with Gasteiger partial charge >= 0.3 is 0 Å². The second-order valence-electron chi connectivity index (χ2n) is 7.77. The van der Waals surface area contributed by atoms with E-state index in [2.05, 4.69) is 43.7 Å². The molecule has 0 saturated carbocycles. The van der Waals surface area contributed by atoms with Gasteiger partial charge in [-0.3, -0.25) is 4.79 Å². The van der Waals surface area contributed by atoms with Crippen molar-refractivity contribution in [2.75, 3.05) is 44.7 Å². The van der Waals surface area contributed by atoms with Gasteiger partial charge in [-0.15, -0.1) is 0 Å². The fourth-order valence-corrected chi connectivity index (χ4v) is 3.58. The summed E-state index contributed by atoms with van der Waals surface area (Å²) < 4.78 is 0. The Morgan fingerprint density at radius 2 is 1.85 bits per heavy atom. The Morgan fingerprint density at radius 1 is 1.22 bits per heavy atom. The third kappa shape index (κ3) is 5.97. The average Bonchev–Trinajstić information content (AvgIpc) is 2.70. The van der Waals surface area contributed by atoms with Gasteiger partial charge in [0.15, 0.2) is 0 Å². The minimum absolute atomic E-state index is 0.141. The summed E-state index contributed by atoms with van der Waals surface area (Å²) in [4.78, 5) is 19.6. The molecule has 1 fully saturated rings. The normalized spacial score (nSPS) is 15.2. The van der Waals surface area contributed by atoms with Crippen LogP contribution in [0.3, 0.4) is 0 Å². The molecule has 0 spiro atoms. The van der Waals surface area contributed by atoms with Crippen molar-refractivity contribution in [2.45, 2.75) is 46.1 Å². The van der Waals surface area contributed by atoms with Crippen molar-refractivity contribution in [3.05, 3.63) is 29.8 Å². The number of carbonyl (C=O) groups is 1. The molecule has 0 aliphatic carbocycles. The first kappa shape index (κ1) is 21.2. The van der Waals surface area contributed by atoms with Gasteiger partial charge in [0.1, 0.15) is 0 Å². The Balaban J connectivity index is 1.82. The van der Waals surface area contributed by atoms with E-state index in [0.717, 1.165) is 57.7 Å². The van der Waals surface area contributed by atoms with Crippen molar-refractivity contribution < 1.29 is 4.79 Å². The predicted octanol–water partition coefficient (Wildman–Crippen LogP) is 3.35. The molecule has 0 N–H and O–H groups in total. The van der Waals surface area contributed by atoms with Crippen molar-refractivity contribution in [1.82, 2.24) is 9.80 Å². The lowest BCUT2D eigenvalue weighted by Crippen LogP contribution is -2.43. The molecule has 0 radical (unpaired) electrons. The largest absolute Gasteiger partial charge is 0.371 e. The summed E-state index contributed by atoms with van der Waals surface area (Å²) in [5.41, 5.74) is 1.83. The minimum Gasteiger partial charge on any atom is -0.371 e. The summed E-state index contributed by atoms with van der Waals surface area (Å²) >= 11 is 0. The Morgan fingerprint density at radius 3 is 2.37 bits per heavy atom. The number of nitrogens with zero attached hydrogens (tertiary/aromatic N) is 4. The number of anilines is 1. The standard InChI is InChI=1S/C22H34N4O/c1-5-25(14-6-13-24(4)18(2)3)22(27)20-11-15-26(16-12-20)21-9-7-19(17-23)8-10-21/h7-10,18,20H,5-6,11-16H2,1-4H3. The number of amides is 1. The quantitative estimate of drug-likeness (QED) is 0.704. The average molecular weight is 371 g/mol. The molecule has 0 aromatic heterocycles. The molecule has 1 aliphatic rings. The van der Waals surface area contributed by atoms with Crippen LogP contribution in [0.4, 0.5) is 5.69 Å². The SMILES string of the molecule is CCN(CCCN(C)C(C)C)C(=O)C1CCN(c2ccc(C#N)cc2)CC1. The van der Waals surface area contributed by atoms with Gasteiger partial charge in [-0.25, -0.2) is 0 Å². The van der Waals surface area contributed by atoms with Gasteiger partial charge in [-0.05, 0) is 77.9 Å². The molecule has 0 atom stereocenters. The molecule has 27 heavy (non-hydrogen) atoms. The monoisotopic (exact) mass is 370 g/mol. The van der Waals surface area contributed by atoms with Crippen molar-refractivity contribution >= 4 is 11.6 Å². The van der Waals surface area contributed by atoms with Crippen molar-refractivity contribution in [1.29, 1.82) is 5.26 Å². The highest BCUT2D eigenvalue weighted by Gasteiger charge is 2.28. The maximum atomic E-state index is 12.9. The van der Waals surface area contributed by atoms with Crippen LogP contribution in [0.1, 0.15) is 45.6 Å². The first-order valence-electron chi connectivity index (χ1n) is 10.2. The predicted molar refractivity (Wildman–Crippen MR) is 111 cm³/mol. The summed E-state index contributed by atoms with van der Waals surface area (Å²) in [7, 11) is 2.14. The highest BCUT2D eigenvalue weighted by Crippen LogP contribution is 2.25. The van der Waals surface area contributed by atoms with E-state index in [-0.39, 0.29) is 5.92 Å². The number of hydrogen-bond donors (Lipinski definition) is 0. The zero-order chi connectivity index (χ0) is 19.8. The summed E-state index contributed by atoms with van der Waals surface area (Å²) in [5.74, 6) is 0.464. The van der Waals surface area contributed by atoms with Crippen LogP contribution in [0.5, 0.6) is 0 Å². The molecule has 148 valence electrons. The van der Waals surface area contributed by atoms with Crippen LogP contribution in [-0.2, 0) is 4.79 Å². The fourth-order valence-electron chi connectivity index (χ4n) is 3.58. The van der Waals surface area contributed by atoms with Crippen LogP contribution >= 0.6 is 0 Å². The van der Waals surface area contributed by atoms with E-state index in [1.54, 1.807) is 0 Å². The van der Waals surface area contributed by atoms with Gasteiger partial charge in [0.05, 0.1) is 11.6 Å². The number of rotatable bonds is 8. The number of carbonyl (C=O) groups excluding carboxylic acids is 1. The van der Waals surface area contributed by atoms with E-state index in [9.17, 15) is 4.79 Å². The first-order chi connectivity index (χ1) is 13.0. The van der Waals surface area contributed by atoms with Gasteiger partial charge in [-0.1, -0.05) is 0 Å². The molecule has 5 heteroatoms. The lowest BCUT2D eigenvalue weighted by Gasteiger charge is -2.35. The maximum absolute atomic E-state index is 12.9. The van der Waals surface area contributed by atoms with E-state index in [1.807, 2.05) is 29.2 Å². The van der Waals surface area contributed by atoms with E-state index in [4.69, 9.17) is 5.26 Å². The van der Waals surface area contributed by atoms with Crippen molar-refractivity contribution in [2.24, 2.45) is 5.92 Å². The zero-order valence-electron chi connectivity index (χ0n) is 17.3. The molecule has 1 aliphatic heterocycles. The third-order valence-electron chi connectivity index (χ3n) is 5.72. The molecule has 5 nitrogen and oxygen atoms in total. The molecule has 0 unspecified atom stereocenters. The Labute approximate surface area is 164 Å². The zero-order valence-corrected chi connectivity index (χ0v) is 17.3. The van der Waals surface area contributed by atoms with Gasteiger partial charge in [0, 0.05) is 43.8 Å². The first-order valence-corrected chi connectivity index (χ1v) is 10.2. The smallest absolute Gasteiger partial charge is 0.225 e. The van der Waals surface area contributed by atoms with E-state index < -0.39 is 0 Å². The number of hydrogen-bond acceptors (Lipinski definition) is 4. The second-order valence-corrected chi connectivity index (χ2v) is 7.77. The Hall–Kier alpha value is -2.06. The summed E-state index contributed by atoms with van der Waals surface area (Å²) in [6.45, 7) is 10.9. The second kappa shape index (κ2) is 10.3. The van der Waals surface area contributed by atoms with Crippen molar-refractivity contribution in [3.63, 3.8) is 0 Å². The van der Waals surface area contributed by atoms with Crippen LogP contribution in [0.15, 0.2) is 24.3 Å². The topological polar surface area (TPSA) is 50.6 Å². The molecular formula is C22H34N4O. The molecule has 1 amide bonds. The van der Waals surface area contributed by atoms with Gasteiger partial charge in [-0.2, -0.15) is 5.26 Å². The van der Waals surface area contributed by atoms with Crippen LogP contribution in [0.2, 0.25) is 0 Å². The van der Waals surface area contributed by atoms with E-state index >= 15 is 0 Å². The number of nitriles is 1. The summed E-state index contributed by atoms with van der Waals surface area (Å²) in [5, 5.41) is 8.92. The van der Waals surface area contributed by atoms with Crippen LogP contribution in [0.25, 0.3) is 0 Å². The van der Waals surface area contributed by atoms with Crippen LogP contribution in [0, 0.1) is 17.2 Å². The van der Waals surface area contributed by atoms with Gasteiger partial charge < -0.3 is 14.7 Å². The fraction of sp³-hybridized carbons (Fsp3) is 0.636. The Bertz CT molecular complexity index is 627. The highest BCUT2D eigenvalue weighted by atomic mass is 16.2. The number of piperidine rings is 1. The number of benzene rings is 1. The summed E-state index contributed by atoms with van der Waals surface area (Å²) in [6.07, 6.45) is 2.83. The van der Waals surface area contributed by atoms with E-state index in [1.165, 1.54) is 0 Å². The molecular weight excluding hydrogens is 336 g/mol. The maximum Gasteiger partial charge on any atom is 0.225 e. The Kier molecular flexibility index (Phi) is 8.12. The minimum atomic E-state index is 0.141. The third-order valence-corrected chi connectivity index (χ3v) is 5.72. The van der Waals surface area contributed by atoms with Crippen molar-refractivity contribution in [3.8, 4) is 6.07 Å².